The van der Waals surface area contributed by atoms with Crippen LogP contribution in [0, 0.1) is 5.92 Å². The number of rotatable bonds is 6. The Bertz CT molecular complexity index is 304. The van der Waals surface area contributed by atoms with Crippen molar-refractivity contribution in [2.75, 3.05) is 5.75 Å². The Morgan fingerprint density at radius 3 is 2.41 bits per heavy atom. The highest BCUT2D eigenvalue weighted by atomic mass is 32.2. The molecule has 1 aliphatic rings. The van der Waals surface area contributed by atoms with Crippen LogP contribution in [0.3, 0.4) is 0 Å². The van der Waals surface area contributed by atoms with Crippen LogP contribution >= 0.6 is 11.8 Å². The number of hydrogen-bond donors (Lipinski definition) is 2. The average Bonchev–Trinajstić information content (AvgIpc) is 2.96. The van der Waals surface area contributed by atoms with Crippen LogP contribution in [-0.4, -0.2) is 34.3 Å². The molecule has 1 atom stereocenters. The van der Waals surface area contributed by atoms with Gasteiger partial charge in [-0.05, 0) is 24.1 Å². The Balaban J connectivity index is 2.32. The van der Waals surface area contributed by atoms with Gasteiger partial charge in [0.2, 0.25) is 5.91 Å². The van der Waals surface area contributed by atoms with Crippen LogP contribution in [0.15, 0.2) is 0 Å². The van der Waals surface area contributed by atoms with E-state index in [4.69, 9.17) is 5.11 Å². The molecule has 1 aliphatic carbocycles. The average molecular weight is 271 g/mol. The second-order valence-corrected chi connectivity index (χ2v) is 4.91. The smallest absolute Gasteiger partial charge is 0.442 e. The summed E-state index contributed by atoms with van der Waals surface area (Å²) in [4.78, 5) is 21.9. The molecule has 0 spiro atoms. The van der Waals surface area contributed by atoms with E-state index >= 15 is 0 Å². The number of alkyl halides is 3. The van der Waals surface area contributed by atoms with Crippen LogP contribution in [-0.2, 0) is 9.59 Å². The Morgan fingerprint density at radius 2 is 2.00 bits per heavy atom. The zero-order valence-corrected chi connectivity index (χ0v) is 9.61. The van der Waals surface area contributed by atoms with Crippen molar-refractivity contribution >= 4 is 23.6 Å². The zero-order chi connectivity index (χ0) is 13.1. The second kappa shape index (κ2) is 5.61. The van der Waals surface area contributed by atoms with Crippen LogP contribution in [0.25, 0.3) is 0 Å². The van der Waals surface area contributed by atoms with Crippen LogP contribution in [0.1, 0.15) is 19.3 Å². The molecule has 8 heteroatoms. The molecule has 0 aromatic rings. The highest BCUT2D eigenvalue weighted by molar-refractivity contribution is 8.00. The molecule has 0 heterocycles. The minimum atomic E-state index is -4.48. The normalized spacial score (nSPS) is 17.6. The first-order valence-electron chi connectivity index (χ1n) is 5.01. The largest absolute Gasteiger partial charge is 0.480 e. The summed E-state index contributed by atoms with van der Waals surface area (Å²) in [5, 5.41) is 10.9. The minimum absolute atomic E-state index is 0.270. The lowest BCUT2D eigenvalue weighted by atomic mass is 10.1. The Morgan fingerprint density at radius 1 is 1.41 bits per heavy atom. The molecule has 1 rings (SSSR count). The van der Waals surface area contributed by atoms with Gasteiger partial charge in [-0.1, -0.05) is 12.8 Å². The number of nitrogens with one attached hydrogen (secondary N) is 1. The number of carbonyl (C=O) groups is 2. The summed E-state index contributed by atoms with van der Waals surface area (Å²) in [7, 11) is 0. The van der Waals surface area contributed by atoms with Crippen molar-refractivity contribution in [2.24, 2.45) is 5.92 Å². The molecule has 17 heavy (non-hydrogen) atoms. The van der Waals surface area contributed by atoms with Gasteiger partial charge in [0, 0.05) is 0 Å². The van der Waals surface area contributed by atoms with E-state index in [0.29, 0.717) is 0 Å². The lowest BCUT2D eigenvalue weighted by Crippen LogP contribution is -2.42. The summed E-state index contributed by atoms with van der Waals surface area (Å²) >= 11 is -0.475. The fourth-order valence-corrected chi connectivity index (χ4v) is 1.67. The van der Waals surface area contributed by atoms with E-state index in [1.54, 1.807) is 0 Å². The zero-order valence-electron chi connectivity index (χ0n) is 8.79. The minimum Gasteiger partial charge on any atom is -0.480 e. The lowest BCUT2D eigenvalue weighted by molar-refractivity contribution is -0.141. The molecule has 4 nitrogen and oxygen atoms in total. The fourth-order valence-electron chi connectivity index (χ4n) is 1.29. The van der Waals surface area contributed by atoms with Gasteiger partial charge in [0.1, 0.15) is 6.04 Å². The van der Waals surface area contributed by atoms with Gasteiger partial charge >= 0.3 is 11.5 Å². The molecule has 0 saturated heterocycles. The first-order chi connectivity index (χ1) is 7.78. The summed E-state index contributed by atoms with van der Waals surface area (Å²) in [6.45, 7) is 0. The number of carboxylic acids is 1. The van der Waals surface area contributed by atoms with Gasteiger partial charge in [-0.15, -0.1) is 0 Å². The van der Waals surface area contributed by atoms with Crippen LogP contribution in [0.5, 0.6) is 0 Å². The molecule has 0 aromatic heterocycles. The first kappa shape index (κ1) is 14.1. The van der Waals surface area contributed by atoms with Gasteiger partial charge in [-0.25, -0.2) is 4.79 Å². The highest BCUT2D eigenvalue weighted by Gasteiger charge is 2.32. The number of amides is 1. The van der Waals surface area contributed by atoms with Crippen molar-refractivity contribution in [3.05, 3.63) is 0 Å². The molecule has 1 unspecified atom stereocenters. The van der Waals surface area contributed by atoms with Gasteiger partial charge in [0.25, 0.3) is 0 Å². The molecule has 0 aromatic carbocycles. The van der Waals surface area contributed by atoms with Crippen LogP contribution in [0.2, 0.25) is 0 Å². The van der Waals surface area contributed by atoms with E-state index in [-0.39, 0.29) is 12.3 Å². The number of hydrogen-bond acceptors (Lipinski definition) is 3. The predicted molar refractivity (Wildman–Crippen MR) is 55.4 cm³/mol. The van der Waals surface area contributed by atoms with Crippen molar-refractivity contribution in [1.82, 2.24) is 5.32 Å². The van der Waals surface area contributed by atoms with E-state index in [1.165, 1.54) is 0 Å². The second-order valence-electron chi connectivity index (χ2n) is 3.87. The summed E-state index contributed by atoms with van der Waals surface area (Å²) in [6.07, 6.45) is 2.12. The van der Waals surface area contributed by atoms with E-state index in [9.17, 15) is 22.8 Å². The summed E-state index contributed by atoms with van der Waals surface area (Å²) in [6, 6.07) is -1.08. The maximum absolute atomic E-state index is 11.8. The summed E-state index contributed by atoms with van der Waals surface area (Å²) in [5.41, 5.74) is -4.48. The summed E-state index contributed by atoms with van der Waals surface area (Å²) in [5.74, 6) is -2.65. The van der Waals surface area contributed by atoms with Gasteiger partial charge < -0.3 is 10.4 Å². The standard InChI is InChI=1S/C9H12F3NO3S/c10-9(11,12)17-4-7(14)13-6(8(15)16)3-5-1-2-5/h5-6H,1-4H2,(H,13,14)(H,15,16). The highest BCUT2D eigenvalue weighted by Crippen LogP contribution is 2.33. The molecule has 1 amide bonds. The van der Waals surface area contributed by atoms with Crippen molar-refractivity contribution in [2.45, 2.75) is 30.8 Å². The van der Waals surface area contributed by atoms with Gasteiger partial charge in [0.05, 0.1) is 5.75 Å². The molecule has 1 fully saturated rings. The Kier molecular flexibility index (Phi) is 4.67. The van der Waals surface area contributed by atoms with E-state index in [0.717, 1.165) is 12.8 Å². The molecular formula is C9H12F3NO3S. The van der Waals surface area contributed by atoms with Gasteiger partial charge in [-0.3, -0.25) is 4.79 Å². The van der Waals surface area contributed by atoms with E-state index in [2.05, 4.69) is 5.32 Å². The quantitative estimate of drug-likeness (QED) is 0.770. The number of halogens is 3. The van der Waals surface area contributed by atoms with Gasteiger partial charge in [-0.2, -0.15) is 13.2 Å². The predicted octanol–water partition coefficient (Wildman–Crippen LogP) is 1.61. The topological polar surface area (TPSA) is 66.4 Å². The van der Waals surface area contributed by atoms with Crippen molar-refractivity contribution in [1.29, 1.82) is 0 Å². The molecule has 0 aliphatic heterocycles. The van der Waals surface area contributed by atoms with E-state index < -0.39 is 40.9 Å². The fraction of sp³-hybridized carbons (Fsp3) is 0.778. The monoisotopic (exact) mass is 271 g/mol. The third kappa shape index (κ3) is 6.40. The van der Waals surface area contributed by atoms with Crippen LogP contribution in [0.4, 0.5) is 13.2 Å². The maximum Gasteiger partial charge on any atom is 0.442 e. The van der Waals surface area contributed by atoms with Crippen molar-refractivity contribution in [3.63, 3.8) is 0 Å². The third-order valence-corrected chi connectivity index (χ3v) is 3.00. The molecule has 0 radical (unpaired) electrons. The number of carboxylic acid groups (broad SMARTS) is 1. The molecule has 0 bridgehead atoms. The SMILES string of the molecule is O=C(CSC(F)(F)F)NC(CC1CC1)C(=O)O. The molecule has 98 valence electrons. The lowest BCUT2D eigenvalue weighted by Gasteiger charge is -2.14. The van der Waals surface area contributed by atoms with Crippen LogP contribution < -0.4 is 5.32 Å². The number of aliphatic carboxylic acids is 1. The third-order valence-electron chi connectivity index (χ3n) is 2.27. The van der Waals surface area contributed by atoms with Gasteiger partial charge in [0.15, 0.2) is 0 Å². The number of thioether (sulfide) groups is 1. The summed E-state index contributed by atoms with van der Waals surface area (Å²) < 4.78 is 35.4. The van der Waals surface area contributed by atoms with Crippen molar-refractivity contribution in [3.8, 4) is 0 Å². The Hall–Kier alpha value is -0.920. The number of carbonyl (C=O) groups excluding carboxylic acids is 1. The van der Waals surface area contributed by atoms with E-state index in [1.807, 2.05) is 0 Å². The maximum atomic E-state index is 11.8. The Labute approximate surface area is 99.9 Å². The first-order valence-corrected chi connectivity index (χ1v) is 5.99. The molecule has 2 N–H and O–H groups in total. The molecular weight excluding hydrogens is 259 g/mol. The molecule has 1 saturated carbocycles. The van der Waals surface area contributed by atoms with Crippen molar-refractivity contribution < 1.29 is 27.9 Å².